The van der Waals surface area contributed by atoms with E-state index in [1.165, 1.54) is 16.4 Å². The summed E-state index contributed by atoms with van der Waals surface area (Å²) < 4.78 is 26.0. The number of rotatable bonds is 3. The molecule has 0 atom stereocenters. The molecule has 1 heterocycles. The van der Waals surface area contributed by atoms with E-state index in [0.717, 1.165) is 0 Å². The molecule has 0 spiro atoms. The van der Waals surface area contributed by atoms with Crippen LogP contribution >= 0.6 is 0 Å². The van der Waals surface area contributed by atoms with Gasteiger partial charge in [0.05, 0.1) is 22.1 Å². The lowest BCUT2D eigenvalue weighted by Crippen LogP contribution is -2.62. The Morgan fingerprint density at radius 1 is 1.47 bits per heavy atom. The van der Waals surface area contributed by atoms with Gasteiger partial charge >= 0.3 is 0 Å². The maximum Gasteiger partial charge on any atom is 0.243 e. The Kier molecular flexibility index (Phi) is 3.39. The van der Waals surface area contributed by atoms with Gasteiger partial charge in [-0.1, -0.05) is 6.92 Å². The summed E-state index contributed by atoms with van der Waals surface area (Å²) in [5.41, 5.74) is 0.0872. The van der Waals surface area contributed by atoms with Gasteiger partial charge in [0.25, 0.3) is 0 Å². The first kappa shape index (κ1) is 14.0. The molecule has 2 rings (SSSR count). The zero-order valence-electron chi connectivity index (χ0n) is 10.9. The summed E-state index contributed by atoms with van der Waals surface area (Å²) >= 11 is 0. The second-order valence-corrected chi connectivity index (χ2v) is 6.85. The SMILES string of the molecule is CCC1(O)CN(S(=O)(=O)c2ccc(C#N)cc2C)C1. The highest BCUT2D eigenvalue weighted by Gasteiger charge is 2.46. The average molecular weight is 280 g/mol. The van der Waals surface area contributed by atoms with Crippen LogP contribution in [0.1, 0.15) is 24.5 Å². The van der Waals surface area contributed by atoms with E-state index in [2.05, 4.69) is 0 Å². The zero-order valence-corrected chi connectivity index (χ0v) is 11.7. The molecule has 102 valence electrons. The highest BCUT2D eigenvalue weighted by Crippen LogP contribution is 2.31. The normalized spacial score (nSPS) is 18.6. The molecule has 1 aromatic carbocycles. The third-order valence-electron chi connectivity index (χ3n) is 3.52. The fourth-order valence-corrected chi connectivity index (χ4v) is 3.96. The van der Waals surface area contributed by atoms with Crippen molar-refractivity contribution >= 4 is 10.0 Å². The van der Waals surface area contributed by atoms with Crippen LogP contribution < -0.4 is 0 Å². The lowest BCUT2D eigenvalue weighted by Gasteiger charge is -2.45. The van der Waals surface area contributed by atoms with E-state index < -0.39 is 15.6 Å². The Morgan fingerprint density at radius 3 is 2.58 bits per heavy atom. The van der Waals surface area contributed by atoms with Gasteiger partial charge in [-0.05, 0) is 37.1 Å². The number of aliphatic hydroxyl groups is 1. The number of nitriles is 1. The fourth-order valence-electron chi connectivity index (χ4n) is 2.15. The maximum atomic E-state index is 12.4. The summed E-state index contributed by atoms with van der Waals surface area (Å²) in [6, 6.07) is 6.47. The summed E-state index contributed by atoms with van der Waals surface area (Å²) in [5, 5.41) is 18.7. The zero-order chi connectivity index (χ0) is 14.3. The van der Waals surface area contributed by atoms with Gasteiger partial charge in [0.1, 0.15) is 0 Å². The van der Waals surface area contributed by atoms with E-state index in [1.807, 2.05) is 13.0 Å². The number of nitrogens with zero attached hydrogens (tertiary/aromatic N) is 2. The van der Waals surface area contributed by atoms with E-state index in [1.54, 1.807) is 13.0 Å². The number of benzene rings is 1. The molecule has 5 nitrogen and oxygen atoms in total. The molecule has 1 aromatic rings. The van der Waals surface area contributed by atoms with E-state index in [0.29, 0.717) is 17.5 Å². The number of sulfonamides is 1. The van der Waals surface area contributed by atoms with Crippen LogP contribution in [0.2, 0.25) is 0 Å². The average Bonchev–Trinajstić information content (AvgIpc) is 2.34. The Hall–Kier alpha value is -1.42. The summed E-state index contributed by atoms with van der Waals surface area (Å²) in [6.07, 6.45) is 0.533. The predicted molar refractivity (Wildman–Crippen MR) is 69.9 cm³/mol. The van der Waals surface area contributed by atoms with Gasteiger partial charge in [0.15, 0.2) is 0 Å². The smallest absolute Gasteiger partial charge is 0.243 e. The highest BCUT2D eigenvalue weighted by atomic mass is 32.2. The summed E-state index contributed by atoms with van der Waals surface area (Å²) in [6.45, 7) is 3.76. The minimum absolute atomic E-state index is 0.130. The molecule has 0 bridgehead atoms. The van der Waals surface area contributed by atoms with Crippen LogP contribution in [0.3, 0.4) is 0 Å². The van der Waals surface area contributed by atoms with Crippen molar-refractivity contribution in [2.75, 3.05) is 13.1 Å². The van der Waals surface area contributed by atoms with E-state index >= 15 is 0 Å². The molecule has 0 aliphatic carbocycles. The molecule has 0 radical (unpaired) electrons. The van der Waals surface area contributed by atoms with Crippen molar-refractivity contribution in [3.63, 3.8) is 0 Å². The van der Waals surface area contributed by atoms with Gasteiger partial charge < -0.3 is 5.11 Å². The standard InChI is InChI=1S/C13H16N2O3S/c1-3-13(16)8-15(9-13)19(17,18)12-5-4-11(7-14)6-10(12)2/h4-6,16H,3,8-9H2,1-2H3. The summed E-state index contributed by atoms with van der Waals surface area (Å²) in [4.78, 5) is 0.199. The number of hydrogen-bond acceptors (Lipinski definition) is 4. The fraction of sp³-hybridized carbons (Fsp3) is 0.462. The molecule has 0 amide bonds. The second-order valence-electron chi connectivity index (χ2n) is 4.94. The molecule has 0 unspecified atom stereocenters. The van der Waals surface area contributed by atoms with E-state index in [4.69, 9.17) is 5.26 Å². The van der Waals surface area contributed by atoms with Crippen molar-refractivity contribution in [1.29, 1.82) is 5.26 Å². The first-order chi connectivity index (χ1) is 8.82. The molecular formula is C13H16N2O3S. The van der Waals surface area contributed by atoms with Crippen LogP contribution in [0.4, 0.5) is 0 Å². The maximum absolute atomic E-state index is 12.4. The quantitative estimate of drug-likeness (QED) is 0.896. The van der Waals surface area contributed by atoms with Crippen molar-refractivity contribution in [3.05, 3.63) is 29.3 Å². The molecule has 0 aromatic heterocycles. The lowest BCUT2D eigenvalue weighted by molar-refractivity contribution is -0.0613. The monoisotopic (exact) mass is 280 g/mol. The van der Waals surface area contributed by atoms with Crippen molar-refractivity contribution in [2.45, 2.75) is 30.8 Å². The molecule has 1 saturated heterocycles. The Morgan fingerprint density at radius 2 is 2.11 bits per heavy atom. The third kappa shape index (κ3) is 2.37. The Bertz CT molecular complexity index is 640. The van der Waals surface area contributed by atoms with Crippen molar-refractivity contribution in [2.24, 2.45) is 0 Å². The lowest BCUT2D eigenvalue weighted by atomic mass is 9.94. The number of hydrogen-bond donors (Lipinski definition) is 1. The third-order valence-corrected chi connectivity index (χ3v) is 5.47. The van der Waals surface area contributed by atoms with Crippen molar-refractivity contribution in [3.8, 4) is 6.07 Å². The molecule has 1 aliphatic heterocycles. The van der Waals surface area contributed by atoms with Crippen molar-refractivity contribution in [1.82, 2.24) is 4.31 Å². The predicted octanol–water partition coefficient (Wildman–Crippen LogP) is 1.01. The Labute approximate surface area is 113 Å². The summed E-state index contributed by atoms with van der Waals surface area (Å²) in [5.74, 6) is 0. The number of aryl methyl sites for hydroxylation is 1. The molecule has 1 N–H and O–H groups in total. The van der Waals surface area contributed by atoms with Gasteiger partial charge in [-0.2, -0.15) is 9.57 Å². The Balaban J connectivity index is 2.30. The molecule has 19 heavy (non-hydrogen) atoms. The highest BCUT2D eigenvalue weighted by molar-refractivity contribution is 7.89. The summed E-state index contributed by atoms with van der Waals surface area (Å²) in [7, 11) is -3.58. The molecule has 6 heteroatoms. The first-order valence-electron chi connectivity index (χ1n) is 6.06. The first-order valence-corrected chi connectivity index (χ1v) is 7.50. The minimum Gasteiger partial charge on any atom is -0.387 e. The molecule has 0 saturated carbocycles. The van der Waals surface area contributed by atoms with Gasteiger partial charge in [-0.3, -0.25) is 0 Å². The van der Waals surface area contributed by atoms with Crippen LogP contribution in [0.5, 0.6) is 0 Å². The van der Waals surface area contributed by atoms with Crippen LogP contribution in [0, 0.1) is 18.3 Å². The van der Waals surface area contributed by atoms with Crippen LogP contribution in [0.25, 0.3) is 0 Å². The van der Waals surface area contributed by atoms with Gasteiger partial charge in [0.2, 0.25) is 10.0 Å². The molecular weight excluding hydrogens is 264 g/mol. The molecule has 1 aliphatic rings. The van der Waals surface area contributed by atoms with Crippen LogP contribution in [-0.4, -0.2) is 36.5 Å². The van der Waals surface area contributed by atoms with Crippen LogP contribution in [-0.2, 0) is 10.0 Å². The largest absolute Gasteiger partial charge is 0.387 e. The van der Waals surface area contributed by atoms with Gasteiger partial charge in [-0.15, -0.1) is 0 Å². The minimum atomic E-state index is -3.58. The van der Waals surface area contributed by atoms with E-state index in [-0.39, 0.29) is 18.0 Å². The van der Waals surface area contributed by atoms with Gasteiger partial charge in [-0.25, -0.2) is 8.42 Å². The molecule has 1 fully saturated rings. The second kappa shape index (κ2) is 4.60. The number of β-amino-alcohol motifs (C(OH)–C–C–N with tert-alkyl or cyclic N) is 1. The topological polar surface area (TPSA) is 81.4 Å². The van der Waals surface area contributed by atoms with E-state index in [9.17, 15) is 13.5 Å². The van der Waals surface area contributed by atoms with Crippen molar-refractivity contribution < 1.29 is 13.5 Å². The van der Waals surface area contributed by atoms with Crippen LogP contribution in [0.15, 0.2) is 23.1 Å². The van der Waals surface area contributed by atoms with Gasteiger partial charge in [0, 0.05) is 13.1 Å².